The first kappa shape index (κ1) is 14.0. The topological polar surface area (TPSA) is 71.0 Å². The van der Waals surface area contributed by atoms with Gasteiger partial charge in [-0.15, -0.1) is 0 Å². The van der Waals surface area contributed by atoms with Gasteiger partial charge in [0, 0.05) is 6.54 Å². The summed E-state index contributed by atoms with van der Waals surface area (Å²) in [7, 11) is 1.27. The van der Waals surface area contributed by atoms with Crippen molar-refractivity contribution in [2.75, 3.05) is 25.2 Å². The maximum Gasteiger partial charge on any atom is 0.325 e. The highest BCUT2D eigenvalue weighted by molar-refractivity contribution is 6.38. The monoisotopic (exact) mass is 275 g/mol. The first-order chi connectivity index (χ1) is 9.61. The standard InChI is InChI=1S/C14H17N3O3/c1-10(14(19)15-9-13(18)20-2)16-17-8-7-11-5-3-4-6-12(11)17/h3-6H,7-9H2,1-2H3,(H,15,19)/b16-10-. The van der Waals surface area contributed by atoms with Gasteiger partial charge in [-0.2, -0.15) is 5.10 Å². The van der Waals surface area contributed by atoms with Crippen LogP contribution in [-0.2, 0) is 20.7 Å². The Morgan fingerprint density at radius 3 is 2.90 bits per heavy atom. The predicted molar refractivity (Wildman–Crippen MR) is 75.6 cm³/mol. The highest BCUT2D eigenvalue weighted by Gasteiger charge is 2.19. The van der Waals surface area contributed by atoms with E-state index in [0.717, 1.165) is 18.7 Å². The number of benzene rings is 1. The minimum Gasteiger partial charge on any atom is -0.468 e. The maximum atomic E-state index is 11.8. The van der Waals surface area contributed by atoms with Gasteiger partial charge in [0.15, 0.2) is 0 Å². The minimum atomic E-state index is -0.488. The number of fused-ring (bicyclic) bond motifs is 1. The predicted octanol–water partition coefficient (Wildman–Crippen LogP) is 0.714. The summed E-state index contributed by atoms with van der Waals surface area (Å²) in [6.07, 6.45) is 0.913. The summed E-state index contributed by atoms with van der Waals surface area (Å²) in [5.74, 6) is -0.863. The molecule has 6 heteroatoms. The van der Waals surface area contributed by atoms with E-state index in [1.807, 2.05) is 23.2 Å². The molecule has 6 nitrogen and oxygen atoms in total. The van der Waals surface area contributed by atoms with Gasteiger partial charge in [-0.3, -0.25) is 14.6 Å². The van der Waals surface area contributed by atoms with E-state index >= 15 is 0 Å². The Morgan fingerprint density at radius 2 is 2.15 bits per heavy atom. The molecule has 1 aromatic rings. The Morgan fingerprint density at radius 1 is 1.40 bits per heavy atom. The molecule has 0 atom stereocenters. The normalized spacial score (nSPS) is 13.9. The molecule has 0 aliphatic carbocycles. The summed E-state index contributed by atoms with van der Waals surface area (Å²) in [5, 5.41) is 8.57. The van der Waals surface area contributed by atoms with Gasteiger partial charge < -0.3 is 10.1 Å². The molecular weight excluding hydrogens is 258 g/mol. The highest BCUT2D eigenvalue weighted by atomic mass is 16.5. The van der Waals surface area contributed by atoms with Gasteiger partial charge in [0.05, 0.1) is 12.8 Å². The number of anilines is 1. The Hall–Kier alpha value is -2.37. The zero-order valence-electron chi connectivity index (χ0n) is 11.5. The maximum absolute atomic E-state index is 11.8. The number of ether oxygens (including phenoxy) is 1. The zero-order valence-corrected chi connectivity index (χ0v) is 11.5. The number of nitrogens with zero attached hydrogens (tertiary/aromatic N) is 2. The number of hydrazone groups is 1. The van der Waals surface area contributed by atoms with E-state index in [2.05, 4.69) is 21.2 Å². The Labute approximate surface area is 117 Å². The molecule has 2 rings (SSSR count). The fourth-order valence-corrected chi connectivity index (χ4v) is 2.00. The zero-order chi connectivity index (χ0) is 14.5. The number of hydrogen-bond acceptors (Lipinski definition) is 5. The van der Waals surface area contributed by atoms with Gasteiger partial charge in [-0.05, 0) is 25.0 Å². The molecule has 0 unspecified atom stereocenters. The molecule has 1 aliphatic heterocycles. The van der Waals surface area contributed by atoms with Gasteiger partial charge in [0.2, 0.25) is 0 Å². The Bertz CT molecular complexity index is 554. The lowest BCUT2D eigenvalue weighted by atomic mass is 10.2. The molecule has 1 heterocycles. The molecule has 0 spiro atoms. The van der Waals surface area contributed by atoms with Crippen molar-refractivity contribution < 1.29 is 14.3 Å². The number of methoxy groups -OCH3 is 1. The lowest BCUT2D eigenvalue weighted by molar-refractivity contribution is -0.140. The number of carbonyl (C=O) groups excluding carboxylic acids is 2. The number of esters is 1. The number of hydrogen-bond donors (Lipinski definition) is 1. The third kappa shape index (κ3) is 3.14. The van der Waals surface area contributed by atoms with Crippen LogP contribution in [0.1, 0.15) is 12.5 Å². The number of carbonyl (C=O) groups is 2. The summed E-state index contributed by atoms with van der Waals surface area (Å²) in [6.45, 7) is 2.22. The molecule has 0 radical (unpaired) electrons. The summed E-state index contributed by atoms with van der Waals surface area (Å²) in [4.78, 5) is 22.7. The van der Waals surface area contributed by atoms with Crippen LogP contribution in [0.25, 0.3) is 0 Å². The molecule has 0 saturated heterocycles. The second-order valence-corrected chi connectivity index (χ2v) is 4.45. The summed E-state index contributed by atoms with van der Waals surface area (Å²) in [5.41, 5.74) is 2.55. The Kier molecular flexibility index (Phi) is 4.34. The highest BCUT2D eigenvalue weighted by Crippen LogP contribution is 2.27. The molecule has 1 amide bonds. The van der Waals surface area contributed by atoms with Crippen molar-refractivity contribution in [3.63, 3.8) is 0 Å². The fraction of sp³-hybridized carbons (Fsp3) is 0.357. The van der Waals surface area contributed by atoms with E-state index in [1.165, 1.54) is 12.7 Å². The van der Waals surface area contributed by atoms with Crippen molar-refractivity contribution in [1.29, 1.82) is 0 Å². The average molecular weight is 275 g/mol. The van der Waals surface area contributed by atoms with E-state index in [0.29, 0.717) is 5.71 Å². The third-order valence-corrected chi connectivity index (χ3v) is 3.08. The van der Waals surface area contributed by atoms with Gasteiger partial charge in [-0.1, -0.05) is 18.2 Å². The van der Waals surface area contributed by atoms with Crippen molar-refractivity contribution in [3.05, 3.63) is 29.8 Å². The molecule has 1 aliphatic rings. The van der Waals surface area contributed by atoms with Crippen LogP contribution in [0.2, 0.25) is 0 Å². The van der Waals surface area contributed by atoms with Crippen LogP contribution in [0.4, 0.5) is 5.69 Å². The van der Waals surface area contributed by atoms with E-state index in [-0.39, 0.29) is 12.5 Å². The van der Waals surface area contributed by atoms with Crippen LogP contribution < -0.4 is 10.3 Å². The number of rotatable bonds is 4. The smallest absolute Gasteiger partial charge is 0.325 e. The molecule has 106 valence electrons. The summed E-state index contributed by atoms with van der Waals surface area (Å²) >= 11 is 0. The lowest BCUT2D eigenvalue weighted by Crippen LogP contribution is -2.35. The van der Waals surface area contributed by atoms with Crippen molar-refractivity contribution in [2.24, 2.45) is 5.10 Å². The van der Waals surface area contributed by atoms with Crippen LogP contribution in [0.15, 0.2) is 29.4 Å². The average Bonchev–Trinajstić information content (AvgIpc) is 2.87. The van der Waals surface area contributed by atoms with Crippen LogP contribution in [-0.4, -0.2) is 37.8 Å². The SMILES string of the molecule is COC(=O)CNC(=O)/C(C)=N\N1CCc2ccccc21. The second kappa shape index (κ2) is 6.18. The van der Waals surface area contributed by atoms with E-state index in [9.17, 15) is 9.59 Å². The summed E-state index contributed by atoms with van der Waals surface area (Å²) in [6, 6.07) is 7.96. The first-order valence-corrected chi connectivity index (χ1v) is 6.37. The van der Waals surface area contributed by atoms with Gasteiger partial charge in [0.1, 0.15) is 12.3 Å². The number of amides is 1. The number of nitrogens with one attached hydrogen (secondary N) is 1. The van der Waals surface area contributed by atoms with Crippen molar-refractivity contribution in [1.82, 2.24) is 5.32 Å². The van der Waals surface area contributed by atoms with Gasteiger partial charge in [-0.25, -0.2) is 0 Å². The Balaban J connectivity index is 2.01. The number of para-hydroxylation sites is 1. The largest absolute Gasteiger partial charge is 0.468 e. The van der Waals surface area contributed by atoms with E-state index in [4.69, 9.17) is 0 Å². The van der Waals surface area contributed by atoms with Crippen LogP contribution in [0.3, 0.4) is 0 Å². The van der Waals surface area contributed by atoms with Crippen molar-refractivity contribution >= 4 is 23.3 Å². The molecule has 0 aromatic heterocycles. The van der Waals surface area contributed by atoms with E-state index in [1.54, 1.807) is 6.92 Å². The van der Waals surface area contributed by atoms with Crippen LogP contribution in [0, 0.1) is 0 Å². The van der Waals surface area contributed by atoms with Gasteiger partial charge in [0.25, 0.3) is 5.91 Å². The molecule has 1 N–H and O–H groups in total. The fourth-order valence-electron chi connectivity index (χ4n) is 2.00. The summed E-state index contributed by atoms with van der Waals surface area (Å²) < 4.78 is 4.46. The van der Waals surface area contributed by atoms with Crippen LogP contribution >= 0.6 is 0 Å². The molecule has 1 aromatic carbocycles. The van der Waals surface area contributed by atoms with Gasteiger partial charge >= 0.3 is 5.97 Å². The second-order valence-electron chi connectivity index (χ2n) is 4.45. The first-order valence-electron chi connectivity index (χ1n) is 6.37. The van der Waals surface area contributed by atoms with Crippen molar-refractivity contribution in [2.45, 2.75) is 13.3 Å². The molecular formula is C14H17N3O3. The quantitative estimate of drug-likeness (QED) is 0.649. The van der Waals surface area contributed by atoms with E-state index < -0.39 is 5.97 Å². The molecule has 0 fully saturated rings. The molecule has 0 bridgehead atoms. The van der Waals surface area contributed by atoms with Crippen molar-refractivity contribution in [3.8, 4) is 0 Å². The lowest BCUT2D eigenvalue weighted by Gasteiger charge is -2.14. The molecule has 20 heavy (non-hydrogen) atoms. The minimum absolute atomic E-state index is 0.154. The molecule has 0 saturated carbocycles. The van der Waals surface area contributed by atoms with Crippen LogP contribution in [0.5, 0.6) is 0 Å². The third-order valence-electron chi connectivity index (χ3n) is 3.08.